The maximum absolute atomic E-state index is 12.8. The molecule has 2 aromatic carbocycles. The molecule has 0 bridgehead atoms. The number of nitrogens with one attached hydrogen (secondary N) is 2. The molecular formula is C20H19N3O5S2. The van der Waals surface area contributed by atoms with Gasteiger partial charge in [0.2, 0.25) is 0 Å². The molecule has 1 heterocycles. The number of carbonyl (C=O) groups excluding carboxylic acids is 1. The molecule has 0 saturated heterocycles. The highest BCUT2D eigenvalue weighted by atomic mass is 32.2. The number of benzene rings is 2. The average molecular weight is 446 g/mol. The average Bonchev–Trinajstić information content (AvgIpc) is 3.21. The van der Waals surface area contributed by atoms with Gasteiger partial charge in [-0.1, -0.05) is 29.8 Å². The fourth-order valence-corrected chi connectivity index (χ4v) is 5.15. The molecule has 8 nitrogen and oxygen atoms in total. The van der Waals surface area contributed by atoms with Gasteiger partial charge < -0.3 is 5.32 Å². The Morgan fingerprint density at radius 2 is 1.83 bits per heavy atom. The molecule has 0 aliphatic rings. The number of nitro groups is 1. The van der Waals surface area contributed by atoms with Crippen LogP contribution in [0.1, 0.15) is 33.8 Å². The van der Waals surface area contributed by atoms with Crippen LogP contribution in [0.2, 0.25) is 0 Å². The van der Waals surface area contributed by atoms with E-state index in [-0.39, 0.29) is 15.5 Å². The van der Waals surface area contributed by atoms with Crippen molar-refractivity contribution in [1.82, 2.24) is 5.32 Å². The van der Waals surface area contributed by atoms with Crippen molar-refractivity contribution in [3.05, 3.63) is 86.1 Å². The summed E-state index contributed by atoms with van der Waals surface area (Å²) in [5, 5.41) is 15.2. The third-order valence-corrected chi connectivity index (χ3v) is 6.82. The van der Waals surface area contributed by atoms with Gasteiger partial charge in [-0.25, -0.2) is 8.42 Å². The number of thiophene rings is 1. The van der Waals surface area contributed by atoms with E-state index in [1.807, 2.05) is 6.92 Å². The second-order valence-electron chi connectivity index (χ2n) is 6.63. The highest BCUT2D eigenvalue weighted by molar-refractivity contribution is 7.93. The van der Waals surface area contributed by atoms with Gasteiger partial charge in [0.25, 0.3) is 21.6 Å². The van der Waals surface area contributed by atoms with Crippen LogP contribution in [0.4, 0.5) is 11.4 Å². The van der Waals surface area contributed by atoms with E-state index < -0.39 is 26.9 Å². The van der Waals surface area contributed by atoms with Crippen LogP contribution >= 0.6 is 11.3 Å². The van der Waals surface area contributed by atoms with Crippen LogP contribution in [-0.4, -0.2) is 19.2 Å². The lowest BCUT2D eigenvalue weighted by molar-refractivity contribution is -0.384. The van der Waals surface area contributed by atoms with Crippen LogP contribution in [-0.2, 0) is 10.0 Å². The zero-order valence-corrected chi connectivity index (χ0v) is 17.8. The molecule has 0 aliphatic carbocycles. The molecule has 0 aliphatic heterocycles. The first-order valence-corrected chi connectivity index (χ1v) is 11.3. The minimum atomic E-state index is -3.97. The molecule has 3 aromatic rings. The zero-order valence-electron chi connectivity index (χ0n) is 16.2. The van der Waals surface area contributed by atoms with E-state index in [1.54, 1.807) is 37.3 Å². The van der Waals surface area contributed by atoms with Gasteiger partial charge in [-0.15, -0.1) is 11.3 Å². The highest BCUT2D eigenvalue weighted by Crippen LogP contribution is 2.26. The van der Waals surface area contributed by atoms with Gasteiger partial charge in [-0.2, -0.15) is 0 Å². The molecule has 1 atom stereocenters. The van der Waals surface area contributed by atoms with Crippen molar-refractivity contribution < 1.29 is 18.1 Å². The first-order chi connectivity index (χ1) is 14.2. The van der Waals surface area contributed by atoms with E-state index in [2.05, 4.69) is 10.0 Å². The number of aryl methyl sites for hydroxylation is 1. The number of hydrogen-bond donors (Lipinski definition) is 2. The molecule has 0 saturated carbocycles. The van der Waals surface area contributed by atoms with E-state index in [4.69, 9.17) is 0 Å². The van der Waals surface area contributed by atoms with Crippen molar-refractivity contribution in [3.63, 3.8) is 0 Å². The number of rotatable bonds is 7. The van der Waals surface area contributed by atoms with Crippen LogP contribution in [0.25, 0.3) is 0 Å². The Hall–Kier alpha value is -3.24. The van der Waals surface area contributed by atoms with E-state index in [0.717, 1.165) is 16.9 Å². The minimum Gasteiger partial charge on any atom is -0.345 e. The van der Waals surface area contributed by atoms with E-state index in [1.165, 1.54) is 29.6 Å². The van der Waals surface area contributed by atoms with Crippen molar-refractivity contribution in [3.8, 4) is 0 Å². The van der Waals surface area contributed by atoms with Crippen molar-refractivity contribution in [2.24, 2.45) is 0 Å². The Bertz CT molecular complexity index is 1190. The molecule has 1 unspecified atom stereocenters. The molecule has 2 N–H and O–H groups in total. The van der Waals surface area contributed by atoms with E-state index in [0.29, 0.717) is 11.3 Å². The zero-order chi connectivity index (χ0) is 21.9. The Kier molecular flexibility index (Phi) is 6.18. The SMILES string of the molecule is Cc1ccc(NS(=O)(=O)c2ccsc2C(=O)NC(C)c2cccc([N+](=O)[O-])c2)cc1. The number of sulfonamides is 1. The second-order valence-corrected chi connectivity index (χ2v) is 9.20. The summed E-state index contributed by atoms with van der Waals surface area (Å²) in [5.41, 5.74) is 1.83. The van der Waals surface area contributed by atoms with E-state index >= 15 is 0 Å². The van der Waals surface area contributed by atoms with Gasteiger partial charge >= 0.3 is 0 Å². The van der Waals surface area contributed by atoms with Crippen molar-refractivity contribution in [2.75, 3.05) is 4.72 Å². The first-order valence-electron chi connectivity index (χ1n) is 8.89. The molecule has 1 amide bonds. The van der Waals surface area contributed by atoms with Crippen LogP contribution < -0.4 is 10.0 Å². The number of amides is 1. The van der Waals surface area contributed by atoms with Gasteiger partial charge in [0.15, 0.2) is 0 Å². The monoisotopic (exact) mass is 445 g/mol. The predicted molar refractivity (Wildman–Crippen MR) is 115 cm³/mol. The van der Waals surface area contributed by atoms with E-state index in [9.17, 15) is 23.3 Å². The molecule has 1 aromatic heterocycles. The maximum atomic E-state index is 12.8. The normalized spacial score (nSPS) is 12.2. The molecule has 156 valence electrons. The number of nitrogens with zero attached hydrogens (tertiary/aromatic N) is 1. The van der Waals surface area contributed by atoms with Gasteiger partial charge in [-0.3, -0.25) is 19.6 Å². The summed E-state index contributed by atoms with van der Waals surface area (Å²) in [4.78, 5) is 23.1. The standard InChI is InChI=1S/C20H19N3O5S2/c1-13-6-8-16(9-7-13)22-30(27,28)18-10-11-29-19(18)20(24)21-14(2)15-4-3-5-17(12-15)23(25)26/h3-12,14,22H,1-2H3,(H,21,24). The Morgan fingerprint density at radius 3 is 2.50 bits per heavy atom. The van der Waals surface area contributed by atoms with Gasteiger partial charge in [0, 0.05) is 17.8 Å². The van der Waals surface area contributed by atoms with Gasteiger partial charge in [-0.05, 0) is 43.0 Å². The van der Waals surface area contributed by atoms with Gasteiger partial charge in [0.05, 0.1) is 11.0 Å². The lowest BCUT2D eigenvalue weighted by Gasteiger charge is -2.15. The topological polar surface area (TPSA) is 118 Å². The van der Waals surface area contributed by atoms with Crippen LogP contribution in [0.3, 0.4) is 0 Å². The lowest BCUT2D eigenvalue weighted by Crippen LogP contribution is -2.27. The van der Waals surface area contributed by atoms with Crippen molar-refractivity contribution >= 4 is 38.6 Å². The summed E-state index contributed by atoms with van der Waals surface area (Å²) in [6.07, 6.45) is 0. The first kappa shape index (κ1) is 21.5. The summed E-state index contributed by atoms with van der Waals surface area (Å²) in [6, 6.07) is 13.6. The fourth-order valence-electron chi connectivity index (χ4n) is 2.76. The molecule has 30 heavy (non-hydrogen) atoms. The summed E-state index contributed by atoms with van der Waals surface area (Å²) < 4.78 is 28.0. The molecule has 0 spiro atoms. The number of non-ortho nitro benzene ring substituents is 1. The van der Waals surface area contributed by atoms with Gasteiger partial charge in [0.1, 0.15) is 9.77 Å². The third-order valence-electron chi connectivity index (χ3n) is 4.36. The fraction of sp³-hybridized carbons (Fsp3) is 0.150. The number of nitro benzene ring substituents is 1. The predicted octanol–water partition coefficient (Wildman–Crippen LogP) is 4.26. The third kappa shape index (κ3) is 4.84. The number of anilines is 1. The minimum absolute atomic E-state index is 0.0342. The van der Waals surface area contributed by atoms with Crippen molar-refractivity contribution in [1.29, 1.82) is 0 Å². The smallest absolute Gasteiger partial charge is 0.269 e. The molecule has 10 heteroatoms. The van der Waals surface area contributed by atoms with Crippen LogP contribution in [0, 0.1) is 17.0 Å². The second kappa shape index (κ2) is 8.64. The lowest BCUT2D eigenvalue weighted by atomic mass is 10.1. The molecular weight excluding hydrogens is 426 g/mol. The summed E-state index contributed by atoms with van der Waals surface area (Å²) in [5.74, 6) is -0.576. The highest BCUT2D eigenvalue weighted by Gasteiger charge is 2.25. The van der Waals surface area contributed by atoms with Crippen molar-refractivity contribution in [2.45, 2.75) is 24.8 Å². The Balaban J connectivity index is 1.80. The summed E-state index contributed by atoms with van der Waals surface area (Å²) in [7, 11) is -3.97. The van der Waals surface area contributed by atoms with Crippen LogP contribution in [0.15, 0.2) is 64.9 Å². The summed E-state index contributed by atoms with van der Waals surface area (Å²) in [6.45, 7) is 3.56. The summed E-state index contributed by atoms with van der Waals surface area (Å²) >= 11 is 1.00. The number of hydrogen-bond acceptors (Lipinski definition) is 6. The number of carbonyl (C=O) groups is 1. The Morgan fingerprint density at radius 1 is 1.13 bits per heavy atom. The molecule has 0 radical (unpaired) electrons. The maximum Gasteiger partial charge on any atom is 0.269 e. The molecule has 3 rings (SSSR count). The quantitative estimate of drug-likeness (QED) is 0.416. The Labute approximate surface area is 177 Å². The molecule has 0 fully saturated rings. The largest absolute Gasteiger partial charge is 0.345 e. The van der Waals surface area contributed by atoms with Crippen LogP contribution in [0.5, 0.6) is 0 Å².